The normalized spacial score (nSPS) is 13.7. The summed E-state index contributed by atoms with van der Waals surface area (Å²) in [6, 6.07) is 13.2. The monoisotopic (exact) mass is 418 g/mol. The molecule has 1 amide bonds. The first-order chi connectivity index (χ1) is 15.2. The van der Waals surface area contributed by atoms with Gasteiger partial charge in [0.25, 0.3) is 5.91 Å². The van der Waals surface area contributed by atoms with Gasteiger partial charge in [-0.05, 0) is 49.6 Å². The second-order valence-electron chi connectivity index (χ2n) is 7.33. The van der Waals surface area contributed by atoms with Gasteiger partial charge in [0.1, 0.15) is 0 Å². The number of rotatable bonds is 7. The maximum absolute atomic E-state index is 12.7. The maximum atomic E-state index is 12.7. The number of carbonyl (C=O) groups is 1. The van der Waals surface area contributed by atoms with Crippen LogP contribution in [0.4, 0.5) is 11.6 Å². The van der Waals surface area contributed by atoms with Crippen LogP contribution in [0.5, 0.6) is 11.5 Å². The van der Waals surface area contributed by atoms with Crippen LogP contribution in [-0.4, -0.2) is 42.7 Å². The minimum atomic E-state index is -0.301. The predicted molar refractivity (Wildman–Crippen MR) is 123 cm³/mol. The summed E-state index contributed by atoms with van der Waals surface area (Å²) in [6.07, 6.45) is 6.13. The lowest BCUT2D eigenvalue weighted by atomic mass is 10.2. The summed E-state index contributed by atoms with van der Waals surface area (Å²) < 4.78 is 11.1. The quantitative estimate of drug-likeness (QED) is 0.617. The third-order valence-corrected chi connectivity index (χ3v) is 5.12. The molecule has 2 heterocycles. The van der Waals surface area contributed by atoms with Crippen molar-refractivity contribution in [2.24, 2.45) is 0 Å². The summed E-state index contributed by atoms with van der Waals surface area (Å²) in [5, 5.41) is 2.89. The van der Waals surface area contributed by atoms with E-state index < -0.39 is 0 Å². The molecule has 0 radical (unpaired) electrons. The number of ether oxygens (including phenoxy) is 2. The van der Waals surface area contributed by atoms with Crippen molar-refractivity contribution in [3.05, 3.63) is 54.1 Å². The zero-order chi connectivity index (χ0) is 21.6. The van der Waals surface area contributed by atoms with Crippen LogP contribution in [-0.2, 0) is 4.79 Å². The molecule has 0 atom stereocenters. The summed E-state index contributed by atoms with van der Waals surface area (Å²) in [7, 11) is 1.58. The molecule has 1 saturated heterocycles. The Balaban J connectivity index is 1.51. The van der Waals surface area contributed by atoms with E-state index in [1.165, 1.54) is 0 Å². The first-order valence-corrected chi connectivity index (χ1v) is 10.4. The van der Waals surface area contributed by atoms with Crippen LogP contribution in [0.25, 0.3) is 17.1 Å². The van der Waals surface area contributed by atoms with Gasteiger partial charge in [-0.2, -0.15) is 0 Å². The second-order valence-corrected chi connectivity index (χ2v) is 7.33. The van der Waals surface area contributed by atoms with Crippen LogP contribution in [0, 0.1) is 0 Å². The minimum absolute atomic E-state index is 0.159. The second kappa shape index (κ2) is 9.47. The van der Waals surface area contributed by atoms with Crippen molar-refractivity contribution in [3.8, 4) is 11.5 Å². The molecule has 0 saturated carbocycles. The Labute approximate surface area is 181 Å². The standard InChI is InChI=1S/C24H26N4O3/c1-3-8-17-11-12-20(21(15-17)30-2)31-16-22(29)27-23-24(28-13-6-7-14-28)26-19-10-5-4-9-18(19)25-23/h3-5,8-12,15H,6-7,13-14,16H2,1-2H3,(H,25,27,29). The summed E-state index contributed by atoms with van der Waals surface area (Å²) in [4.78, 5) is 24.3. The largest absolute Gasteiger partial charge is 0.493 e. The van der Waals surface area contributed by atoms with Gasteiger partial charge < -0.3 is 19.7 Å². The number of aromatic nitrogens is 2. The van der Waals surface area contributed by atoms with Crippen LogP contribution >= 0.6 is 0 Å². The van der Waals surface area contributed by atoms with Crippen molar-refractivity contribution in [1.29, 1.82) is 0 Å². The average Bonchev–Trinajstić information content (AvgIpc) is 3.32. The van der Waals surface area contributed by atoms with Crippen molar-refractivity contribution in [2.45, 2.75) is 19.8 Å². The number of methoxy groups -OCH3 is 1. The van der Waals surface area contributed by atoms with Crippen LogP contribution in [0.2, 0.25) is 0 Å². The molecule has 3 aromatic rings. The van der Waals surface area contributed by atoms with Gasteiger partial charge in [-0.15, -0.1) is 0 Å². The molecule has 0 aliphatic carbocycles. The van der Waals surface area contributed by atoms with E-state index in [0.717, 1.165) is 42.5 Å². The smallest absolute Gasteiger partial charge is 0.263 e. The van der Waals surface area contributed by atoms with E-state index in [-0.39, 0.29) is 12.5 Å². The van der Waals surface area contributed by atoms with E-state index in [1.54, 1.807) is 13.2 Å². The molecule has 1 aromatic heterocycles. The van der Waals surface area contributed by atoms with Crippen molar-refractivity contribution < 1.29 is 14.3 Å². The fourth-order valence-electron chi connectivity index (χ4n) is 3.63. The molecule has 1 N–H and O–H groups in total. The number of benzene rings is 2. The van der Waals surface area contributed by atoms with Gasteiger partial charge in [-0.3, -0.25) is 4.79 Å². The van der Waals surface area contributed by atoms with E-state index in [9.17, 15) is 4.79 Å². The highest BCUT2D eigenvalue weighted by Gasteiger charge is 2.21. The van der Waals surface area contributed by atoms with Gasteiger partial charge in [-0.1, -0.05) is 30.4 Å². The van der Waals surface area contributed by atoms with Gasteiger partial charge >= 0.3 is 0 Å². The van der Waals surface area contributed by atoms with E-state index in [2.05, 4.69) is 15.2 Å². The lowest BCUT2D eigenvalue weighted by Crippen LogP contribution is -2.25. The number of nitrogens with one attached hydrogen (secondary N) is 1. The fourth-order valence-corrected chi connectivity index (χ4v) is 3.63. The molecule has 1 fully saturated rings. The summed E-state index contributed by atoms with van der Waals surface area (Å²) >= 11 is 0. The molecule has 0 unspecified atom stereocenters. The third-order valence-electron chi connectivity index (χ3n) is 5.12. The zero-order valence-corrected chi connectivity index (χ0v) is 17.8. The maximum Gasteiger partial charge on any atom is 0.263 e. The molecule has 1 aliphatic heterocycles. The molecule has 0 bridgehead atoms. The number of fused-ring (bicyclic) bond motifs is 1. The highest BCUT2D eigenvalue weighted by molar-refractivity contribution is 5.95. The van der Waals surface area contributed by atoms with Gasteiger partial charge in [0, 0.05) is 13.1 Å². The molecular formula is C24H26N4O3. The Morgan fingerprint density at radius 3 is 2.55 bits per heavy atom. The Hall–Kier alpha value is -3.61. The number of allylic oxidation sites excluding steroid dienone is 1. The summed E-state index contributed by atoms with van der Waals surface area (Å²) in [5.74, 6) is 1.95. The molecule has 7 nitrogen and oxygen atoms in total. The third kappa shape index (κ3) is 4.77. The Kier molecular flexibility index (Phi) is 6.31. The fraction of sp³-hybridized carbons (Fsp3) is 0.292. The SMILES string of the molecule is CC=Cc1ccc(OCC(=O)Nc2nc3ccccc3nc2N2CCCC2)c(OC)c1. The number of nitrogens with zero attached hydrogens (tertiary/aromatic N) is 3. The molecular weight excluding hydrogens is 392 g/mol. The number of para-hydroxylation sites is 2. The average molecular weight is 418 g/mol. The topological polar surface area (TPSA) is 76.6 Å². The van der Waals surface area contributed by atoms with Crippen molar-refractivity contribution in [1.82, 2.24) is 9.97 Å². The van der Waals surface area contributed by atoms with E-state index in [0.29, 0.717) is 23.1 Å². The molecule has 0 spiro atoms. The number of carbonyl (C=O) groups excluding carboxylic acids is 1. The van der Waals surface area contributed by atoms with Crippen LogP contribution in [0.1, 0.15) is 25.3 Å². The first kappa shape index (κ1) is 20.7. The molecule has 31 heavy (non-hydrogen) atoms. The van der Waals surface area contributed by atoms with Crippen LogP contribution < -0.4 is 19.7 Å². The lowest BCUT2D eigenvalue weighted by molar-refractivity contribution is -0.118. The first-order valence-electron chi connectivity index (χ1n) is 10.4. The molecule has 160 valence electrons. The van der Waals surface area contributed by atoms with Gasteiger partial charge in [0.2, 0.25) is 0 Å². The van der Waals surface area contributed by atoms with Crippen molar-refractivity contribution in [3.63, 3.8) is 0 Å². The molecule has 2 aromatic carbocycles. The molecule has 7 heteroatoms. The van der Waals surface area contributed by atoms with Gasteiger partial charge in [-0.25, -0.2) is 9.97 Å². The molecule has 4 rings (SSSR count). The highest BCUT2D eigenvalue weighted by Crippen LogP contribution is 2.30. The summed E-state index contributed by atoms with van der Waals surface area (Å²) in [6.45, 7) is 3.60. The number of hydrogen-bond acceptors (Lipinski definition) is 6. The lowest BCUT2D eigenvalue weighted by Gasteiger charge is -2.20. The van der Waals surface area contributed by atoms with Gasteiger partial charge in [0.15, 0.2) is 29.7 Å². The van der Waals surface area contributed by atoms with Crippen LogP contribution in [0.15, 0.2) is 48.5 Å². The highest BCUT2D eigenvalue weighted by atomic mass is 16.5. The Bertz CT molecular complexity index is 1110. The predicted octanol–water partition coefficient (Wildman–Crippen LogP) is 4.29. The Morgan fingerprint density at radius 2 is 1.84 bits per heavy atom. The van der Waals surface area contributed by atoms with Crippen molar-refractivity contribution in [2.75, 3.05) is 37.0 Å². The number of amides is 1. The van der Waals surface area contributed by atoms with Crippen LogP contribution in [0.3, 0.4) is 0 Å². The van der Waals surface area contributed by atoms with E-state index >= 15 is 0 Å². The number of hydrogen-bond donors (Lipinski definition) is 1. The Morgan fingerprint density at radius 1 is 1.10 bits per heavy atom. The molecule has 1 aliphatic rings. The number of anilines is 2. The van der Waals surface area contributed by atoms with E-state index in [4.69, 9.17) is 14.5 Å². The summed E-state index contributed by atoms with van der Waals surface area (Å²) in [5.41, 5.74) is 2.55. The van der Waals surface area contributed by atoms with Gasteiger partial charge in [0.05, 0.1) is 18.1 Å². The minimum Gasteiger partial charge on any atom is -0.493 e. The van der Waals surface area contributed by atoms with E-state index in [1.807, 2.05) is 55.5 Å². The van der Waals surface area contributed by atoms with Crippen molar-refractivity contribution >= 4 is 34.7 Å². The zero-order valence-electron chi connectivity index (χ0n) is 17.8.